The Balaban J connectivity index is 0.00000341. The summed E-state index contributed by atoms with van der Waals surface area (Å²) in [6, 6.07) is 5.09. The molecular weight excluding hydrogens is 523 g/mol. The Labute approximate surface area is 197 Å². The van der Waals surface area contributed by atoms with Crippen LogP contribution in [0, 0.1) is 19.8 Å². The van der Waals surface area contributed by atoms with Crippen molar-refractivity contribution in [3.8, 4) is 17.2 Å². The van der Waals surface area contributed by atoms with Gasteiger partial charge in [-0.3, -0.25) is 9.67 Å². The number of benzene rings is 1. The Morgan fingerprint density at radius 2 is 1.94 bits per heavy atom. The fraction of sp³-hybridized carbons (Fsp3) is 0.500. The molecule has 11 heteroatoms. The van der Waals surface area contributed by atoms with Gasteiger partial charge in [0.1, 0.15) is 5.75 Å². The molecule has 2 aromatic rings. The molecular formula is C20H28F2IN5O3. The van der Waals surface area contributed by atoms with Crippen molar-refractivity contribution in [2.45, 2.75) is 40.5 Å². The summed E-state index contributed by atoms with van der Waals surface area (Å²) in [6.07, 6.45) is 0. The molecule has 1 unspecified atom stereocenters. The van der Waals surface area contributed by atoms with Crippen LogP contribution in [0.4, 0.5) is 8.78 Å². The van der Waals surface area contributed by atoms with E-state index in [-0.39, 0.29) is 43.1 Å². The van der Waals surface area contributed by atoms with E-state index < -0.39 is 6.61 Å². The summed E-state index contributed by atoms with van der Waals surface area (Å²) in [4.78, 5) is 4.19. The molecule has 0 amide bonds. The molecule has 0 fully saturated rings. The van der Waals surface area contributed by atoms with E-state index in [1.807, 2.05) is 24.6 Å². The van der Waals surface area contributed by atoms with Crippen LogP contribution in [0.15, 0.2) is 23.2 Å². The van der Waals surface area contributed by atoms with E-state index in [2.05, 4.69) is 32.4 Å². The number of hydrogen-bond acceptors (Lipinski definition) is 5. The zero-order valence-electron chi connectivity index (χ0n) is 17.9. The van der Waals surface area contributed by atoms with E-state index in [0.717, 1.165) is 17.9 Å². The highest BCUT2D eigenvalue weighted by atomic mass is 127. The number of nitrogens with one attached hydrogen (secondary N) is 2. The lowest BCUT2D eigenvalue weighted by Gasteiger charge is -2.18. The van der Waals surface area contributed by atoms with Gasteiger partial charge in [-0.25, -0.2) is 0 Å². The number of alkyl halides is 2. The van der Waals surface area contributed by atoms with Crippen molar-refractivity contribution < 1.29 is 23.0 Å². The molecule has 3 rings (SSSR count). The first kappa shape index (κ1) is 25.0. The van der Waals surface area contributed by atoms with Crippen LogP contribution in [0.2, 0.25) is 0 Å². The fourth-order valence-corrected chi connectivity index (χ4v) is 3.20. The maximum Gasteiger partial charge on any atom is 0.387 e. The average Bonchev–Trinajstić information content (AvgIpc) is 3.26. The molecule has 0 radical (unpaired) electrons. The molecule has 1 aliphatic rings. The van der Waals surface area contributed by atoms with Crippen LogP contribution in [0.1, 0.15) is 23.9 Å². The van der Waals surface area contributed by atoms with Gasteiger partial charge in [-0.05, 0) is 31.9 Å². The minimum Gasteiger partial charge on any atom is -0.454 e. The lowest BCUT2D eigenvalue weighted by Crippen LogP contribution is -2.39. The highest BCUT2D eigenvalue weighted by Gasteiger charge is 2.20. The monoisotopic (exact) mass is 551 g/mol. The number of ether oxygens (including phenoxy) is 3. The van der Waals surface area contributed by atoms with Crippen molar-refractivity contribution in [1.82, 2.24) is 20.4 Å². The highest BCUT2D eigenvalue weighted by Crippen LogP contribution is 2.38. The van der Waals surface area contributed by atoms with E-state index in [0.29, 0.717) is 35.5 Å². The first-order chi connectivity index (χ1) is 14.4. The molecule has 1 aromatic carbocycles. The fourth-order valence-electron chi connectivity index (χ4n) is 3.20. The number of fused-ring (bicyclic) bond motifs is 1. The van der Waals surface area contributed by atoms with Gasteiger partial charge in [-0.2, -0.15) is 13.9 Å². The largest absolute Gasteiger partial charge is 0.454 e. The normalized spacial score (nSPS) is 13.7. The predicted molar refractivity (Wildman–Crippen MR) is 124 cm³/mol. The number of aryl methyl sites for hydroxylation is 2. The summed E-state index contributed by atoms with van der Waals surface area (Å²) in [5.74, 6) is 1.76. The number of hydrogen-bond donors (Lipinski definition) is 2. The minimum absolute atomic E-state index is 0. The van der Waals surface area contributed by atoms with E-state index in [4.69, 9.17) is 9.47 Å². The molecule has 1 aromatic heterocycles. The zero-order valence-corrected chi connectivity index (χ0v) is 20.3. The number of aromatic nitrogens is 2. The van der Waals surface area contributed by atoms with E-state index in [1.54, 1.807) is 13.1 Å². The molecule has 31 heavy (non-hydrogen) atoms. The maximum atomic E-state index is 12.8. The summed E-state index contributed by atoms with van der Waals surface area (Å²) in [7, 11) is 1.65. The maximum absolute atomic E-state index is 12.8. The molecule has 0 spiro atoms. The van der Waals surface area contributed by atoms with Gasteiger partial charge < -0.3 is 24.8 Å². The lowest BCUT2D eigenvalue weighted by molar-refractivity contribution is -0.0505. The number of halogens is 3. The third-order valence-corrected chi connectivity index (χ3v) is 4.65. The first-order valence-corrected chi connectivity index (χ1v) is 9.68. The van der Waals surface area contributed by atoms with Gasteiger partial charge in [-0.1, -0.05) is 6.92 Å². The Morgan fingerprint density at radius 3 is 2.55 bits per heavy atom. The van der Waals surface area contributed by atoms with Gasteiger partial charge in [0.2, 0.25) is 6.79 Å². The third kappa shape index (κ3) is 6.84. The zero-order chi connectivity index (χ0) is 21.7. The van der Waals surface area contributed by atoms with Crippen molar-refractivity contribution in [2.24, 2.45) is 10.9 Å². The third-order valence-electron chi connectivity index (χ3n) is 4.65. The topological polar surface area (TPSA) is 81.9 Å². The van der Waals surface area contributed by atoms with E-state index in [1.165, 1.54) is 6.07 Å². The summed E-state index contributed by atoms with van der Waals surface area (Å²) in [6.45, 7) is 4.91. The smallest absolute Gasteiger partial charge is 0.387 e. The van der Waals surface area contributed by atoms with Gasteiger partial charge in [0.25, 0.3) is 0 Å². The molecule has 0 saturated carbocycles. The van der Waals surface area contributed by atoms with Gasteiger partial charge in [0.15, 0.2) is 17.5 Å². The molecule has 8 nitrogen and oxygen atoms in total. The van der Waals surface area contributed by atoms with Gasteiger partial charge in [0.05, 0.1) is 5.69 Å². The van der Waals surface area contributed by atoms with Crippen LogP contribution < -0.4 is 24.8 Å². The predicted octanol–water partition coefficient (Wildman–Crippen LogP) is 3.45. The van der Waals surface area contributed by atoms with Crippen molar-refractivity contribution in [3.05, 3.63) is 35.2 Å². The first-order valence-electron chi connectivity index (χ1n) is 9.68. The SMILES string of the molecule is CN=C(NCc1cc2c(cc1OC(F)F)OCO2)NCC(C)Cn1nc(C)cc1C.I. The quantitative estimate of drug-likeness (QED) is 0.297. The molecule has 2 heterocycles. The van der Waals surface area contributed by atoms with Crippen molar-refractivity contribution in [1.29, 1.82) is 0 Å². The molecule has 2 N–H and O–H groups in total. The van der Waals surface area contributed by atoms with Crippen molar-refractivity contribution >= 4 is 29.9 Å². The Bertz CT molecular complexity index is 907. The van der Waals surface area contributed by atoms with Crippen LogP contribution in [0.3, 0.4) is 0 Å². The molecule has 0 bridgehead atoms. The summed E-state index contributed by atoms with van der Waals surface area (Å²) < 4.78 is 42.7. The van der Waals surface area contributed by atoms with E-state index >= 15 is 0 Å². The summed E-state index contributed by atoms with van der Waals surface area (Å²) in [5, 5.41) is 10.9. The second-order valence-corrected chi connectivity index (χ2v) is 7.21. The molecule has 1 atom stereocenters. The standard InChI is InChI=1S/C20H27F2N5O3.HI/c1-12(10-27-14(3)5-13(2)26-27)8-24-20(23-4)25-9-15-6-17-18(29-11-28-17)7-16(15)30-19(21)22;/h5-7,12,19H,8-11H2,1-4H3,(H2,23,24,25);1H. The molecule has 0 aliphatic carbocycles. The summed E-state index contributed by atoms with van der Waals surface area (Å²) >= 11 is 0. The second kappa shape index (κ2) is 11.3. The van der Waals surface area contributed by atoms with Crippen LogP contribution in [0.5, 0.6) is 17.2 Å². The number of rotatable bonds is 8. The van der Waals surface area contributed by atoms with Crippen LogP contribution in [-0.2, 0) is 13.1 Å². The van der Waals surface area contributed by atoms with Crippen LogP contribution in [-0.4, -0.2) is 42.7 Å². The van der Waals surface area contributed by atoms with E-state index in [9.17, 15) is 8.78 Å². The van der Waals surface area contributed by atoms with Crippen molar-refractivity contribution in [2.75, 3.05) is 20.4 Å². The average molecular weight is 551 g/mol. The van der Waals surface area contributed by atoms with Crippen molar-refractivity contribution in [3.63, 3.8) is 0 Å². The Morgan fingerprint density at radius 1 is 1.23 bits per heavy atom. The van der Waals surface area contributed by atoms with Gasteiger partial charge in [0, 0.05) is 44.0 Å². The van der Waals surface area contributed by atoms with Crippen LogP contribution >= 0.6 is 24.0 Å². The summed E-state index contributed by atoms with van der Waals surface area (Å²) in [5.41, 5.74) is 2.63. The van der Waals surface area contributed by atoms with Gasteiger partial charge >= 0.3 is 6.61 Å². The Kier molecular flexibility index (Phi) is 9.14. The van der Waals surface area contributed by atoms with Crippen LogP contribution in [0.25, 0.3) is 0 Å². The molecule has 0 saturated heterocycles. The molecule has 172 valence electrons. The van der Waals surface area contributed by atoms with Gasteiger partial charge in [-0.15, -0.1) is 24.0 Å². The molecule has 1 aliphatic heterocycles. The number of guanidine groups is 1. The lowest BCUT2D eigenvalue weighted by atomic mass is 10.1. The number of aliphatic imine (C=N–C) groups is 1. The minimum atomic E-state index is -2.93. The highest BCUT2D eigenvalue weighted by molar-refractivity contribution is 14.0. The second-order valence-electron chi connectivity index (χ2n) is 7.21. The Hall–Kier alpha value is -2.31. The number of nitrogens with zero attached hydrogens (tertiary/aromatic N) is 3.